The van der Waals surface area contributed by atoms with Crippen molar-refractivity contribution in [1.29, 1.82) is 0 Å². The molecule has 0 radical (unpaired) electrons. The van der Waals surface area contributed by atoms with Gasteiger partial charge in [0.15, 0.2) is 0 Å². The third-order valence-corrected chi connectivity index (χ3v) is 3.14. The number of phenols is 1. The summed E-state index contributed by atoms with van der Waals surface area (Å²) in [6.45, 7) is 1.88. The lowest BCUT2D eigenvalue weighted by atomic mass is 9.90. The van der Waals surface area contributed by atoms with Crippen molar-refractivity contribution in [1.82, 2.24) is 0 Å². The van der Waals surface area contributed by atoms with Crippen LogP contribution in [0.3, 0.4) is 0 Å². The summed E-state index contributed by atoms with van der Waals surface area (Å²) in [5.74, 6) is -1.62. The number of carboxylic acid groups (broad SMARTS) is 1. The lowest BCUT2D eigenvalue weighted by molar-refractivity contribution is -0.138. The number of rotatable bonds is 4. The second-order valence-electron chi connectivity index (χ2n) is 4.64. The standard InChI is InChI=1S/C16H16O3/c1-11-7-8-15(17)13(9-11)14(16(18)19)10-12-5-3-2-4-6-12/h2-9,14,17H,10H2,1H3,(H,18,19). The van der Waals surface area contributed by atoms with Crippen molar-refractivity contribution < 1.29 is 15.0 Å². The van der Waals surface area contributed by atoms with Crippen molar-refractivity contribution in [2.75, 3.05) is 0 Å². The molecule has 0 fully saturated rings. The molecule has 3 heteroatoms. The lowest BCUT2D eigenvalue weighted by Crippen LogP contribution is -2.14. The van der Waals surface area contributed by atoms with Crippen molar-refractivity contribution in [3.8, 4) is 5.75 Å². The Bertz CT molecular complexity index is 576. The van der Waals surface area contributed by atoms with Gasteiger partial charge in [0, 0.05) is 5.56 Å². The minimum Gasteiger partial charge on any atom is -0.508 e. The fourth-order valence-corrected chi connectivity index (χ4v) is 2.13. The van der Waals surface area contributed by atoms with Crippen LogP contribution in [0.1, 0.15) is 22.6 Å². The molecular weight excluding hydrogens is 240 g/mol. The Kier molecular flexibility index (Phi) is 3.85. The quantitative estimate of drug-likeness (QED) is 0.883. The summed E-state index contributed by atoms with van der Waals surface area (Å²) in [5, 5.41) is 19.3. The van der Waals surface area contributed by atoms with Crippen LogP contribution in [0.5, 0.6) is 5.75 Å². The number of aryl methyl sites for hydroxylation is 1. The largest absolute Gasteiger partial charge is 0.508 e. The Morgan fingerprint density at radius 1 is 1.16 bits per heavy atom. The highest BCUT2D eigenvalue weighted by molar-refractivity contribution is 5.77. The predicted octanol–water partition coefficient (Wildman–Crippen LogP) is 3.11. The van der Waals surface area contributed by atoms with Gasteiger partial charge in [0.2, 0.25) is 0 Å². The fourth-order valence-electron chi connectivity index (χ4n) is 2.13. The van der Waals surface area contributed by atoms with Crippen LogP contribution in [0.2, 0.25) is 0 Å². The number of benzene rings is 2. The summed E-state index contributed by atoms with van der Waals surface area (Å²) in [6.07, 6.45) is 0.368. The summed E-state index contributed by atoms with van der Waals surface area (Å²) in [5.41, 5.74) is 2.35. The summed E-state index contributed by atoms with van der Waals surface area (Å²) in [4.78, 5) is 11.5. The minimum absolute atomic E-state index is 0.0360. The predicted molar refractivity (Wildman–Crippen MR) is 73.4 cm³/mol. The molecule has 0 aliphatic heterocycles. The summed E-state index contributed by atoms with van der Waals surface area (Å²) < 4.78 is 0. The highest BCUT2D eigenvalue weighted by atomic mass is 16.4. The van der Waals surface area contributed by atoms with E-state index in [4.69, 9.17) is 0 Å². The van der Waals surface area contributed by atoms with Crippen molar-refractivity contribution >= 4 is 5.97 Å². The molecule has 0 heterocycles. The zero-order chi connectivity index (χ0) is 13.8. The van der Waals surface area contributed by atoms with Crippen molar-refractivity contribution in [3.63, 3.8) is 0 Å². The van der Waals surface area contributed by atoms with Gasteiger partial charge < -0.3 is 10.2 Å². The average Bonchev–Trinajstić information content (AvgIpc) is 2.40. The van der Waals surface area contributed by atoms with Crippen LogP contribution < -0.4 is 0 Å². The van der Waals surface area contributed by atoms with E-state index in [1.165, 1.54) is 0 Å². The van der Waals surface area contributed by atoms with Gasteiger partial charge in [-0.2, -0.15) is 0 Å². The van der Waals surface area contributed by atoms with E-state index < -0.39 is 11.9 Å². The molecule has 0 amide bonds. The molecule has 0 aliphatic rings. The number of hydrogen-bond donors (Lipinski definition) is 2. The second-order valence-corrected chi connectivity index (χ2v) is 4.64. The van der Waals surface area contributed by atoms with Crippen LogP contribution in [-0.2, 0) is 11.2 Å². The maximum atomic E-state index is 11.5. The van der Waals surface area contributed by atoms with E-state index in [0.29, 0.717) is 12.0 Å². The van der Waals surface area contributed by atoms with Gasteiger partial charge >= 0.3 is 5.97 Å². The zero-order valence-electron chi connectivity index (χ0n) is 10.7. The van der Waals surface area contributed by atoms with Crippen LogP contribution in [0.25, 0.3) is 0 Å². The molecule has 0 saturated carbocycles. The molecule has 0 saturated heterocycles. The van der Waals surface area contributed by atoms with Gasteiger partial charge in [-0.3, -0.25) is 4.79 Å². The molecule has 2 aromatic rings. The topological polar surface area (TPSA) is 57.5 Å². The highest BCUT2D eigenvalue weighted by Gasteiger charge is 2.23. The molecule has 0 aromatic heterocycles. The van der Waals surface area contributed by atoms with Gasteiger partial charge in [0.25, 0.3) is 0 Å². The second kappa shape index (κ2) is 5.57. The molecule has 2 aromatic carbocycles. The summed E-state index contributed by atoms with van der Waals surface area (Å²) >= 11 is 0. The highest BCUT2D eigenvalue weighted by Crippen LogP contribution is 2.29. The number of carboxylic acids is 1. The smallest absolute Gasteiger partial charge is 0.311 e. The Labute approximate surface area is 112 Å². The molecule has 0 aliphatic carbocycles. The Hall–Kier alpha value is -2.29. The lowest BCUT2D eigenvalue weighted by Gasteiger charge is -2.15. The molecule has 1 atom stereocenters. The van der Waals surface area contributed by atoms with E-state index in [-0.39, 0.29) is 5.75 Å². The molecule has 98 valence electrons. The van der Waals surface area contributed by atoms with E-state index in [9.17, 15) is 15.0 Å². The fraction of sp³-hybridized carbons (Fsp3) is 0.188. The van der Waals surface area contributed by atoms with Gasteiger partial charge in [-0.15, -0.1) is 0 Å². The normalized spacial score (nSPS) is 12.1. The molecule has 19 heavy (non-hydrogen) atoms. The molecule has 0 bridgehead atoms. The van der Waals surface area contributed by atoms with E-state index >= 15 is 0 Å². The minimum atomic E-state index is -0.926. The average molecular weight is 256 g/mol. The maximum Gasteiger partial charge on any atom is 0.311 e. The number of hydrogen-bond acceptors (Lipinski definition) is 2. The Morgan fingerprint density at radius 3 is 2.47 bits per heavy atom. The molecule has 2 N–H and O–H groups in total. The van der Waals surface area contributed by atoms with Crippen LogP contribution >= 0.6 is 0 Å². The number of aromatic hydroxyl groups is 1. The number of phenolic OH excluding ortho intramolecular Hbond substituents is 1. The van der Waals surface area contributed by atoms with E-state index in [2.05, 4.69) is 0 Å². The third-order valence-electron chi connectivity index (χ3n) is 3.14. The first kappa shape index (κ1) is 13.1. The molecule has 0 spiro atoms. The van der Waals surface area contributed by atoms with Crippen molar-refractivity contribution in [2.45, 2.75) is 19.3 Å². The van der Waals surface area contributed by atoms with Gasteiger partial charge in [-0.1, -0.05) is 48.0 Å². The molecule has 2 rings (SSSR count). The Morgan fingerprint density at radius 2 is 1.84 bits per heavy atom. The van der Waals surface area contributed by atoms with Crippen LogP contribution in [0.15, 0.2) is 48.5 Å². The number of carbonyl (C=O) groups is 1. The van der Waals surface area contributed by atoms with Gasteiger partial charge in [0.05, 0.1) is 5.92 Å². The summed E-state index contributed by atoms with van der Waals surface area (Å²) in [7, 11) is 0. The molecular formula is C16H16O3. The van der Waals surface area contributed by atoms with Gasteiger partial charge in [0.1, 0.15) is 5.75 Å². The molecule has 1 unspecified atom stereocenters. The van der Waals surface area contributed by atoms with Crippen molar-refractivity contribution in [3.05, 3.63) is 65.2 Å². The van der Waals surface area contributed by atoms with Crippen LogP contribution in [0, 0.1) is 6.92 Å². The van der Waals surface area contributed by atoms with E-state index in [1.54, 1.807) is 18.2 Å². The van der Waals surface area contributed by atoms with Crippen LogP contribution in [0.4, 0.5) is 0 Å². The van der Waals surface area contributed by atoms with E-state index in [0.717, 1.165) is 11.1 Å². The Balaban J connectivity index is 2.35. The first-order valence-corrected chi connectivity index (χ1v) is 6.14. The first-order valence-electron chi connectivity index (χ1n) is 6.14. The van der Waals surface area contributed by atoms with Crippen molar-refractivity contribution in [2.24, 2.45) is 0 Å². The van der Waals surface area contributed by atoms with Crippen LogP contribution in [-0.4, -0.2) is 16.2 Å². The van der Waals surface area contributed by atoms with Gasteiger partial charge in [-0.25, -0.2) is 0 Å². The zero-order valence-corrected chi connectivity index (χ0v) is 10.7. The molecule has 3 nitrogen and oxygen atoms in total. The maximum absolute atomic E-state index is 11.5. The monoisotopic (exact) mass is 256 g/mol. The first-order chi connectivity index (χ1) is 9.08. The summed E-state index contributed by atoms with van der Waals surface area (Å²) in [6, 6.07) is 14.5. The van der Waals surface area contributed by atoms with Gasteiger partial charge in [-0.05, 0) is 25.0 Å². The van der Waals surface area contributed by atoms with E-state index in [1.807, 2.05) is 37.3 Å². The SMILES string of the molecule is Cc1ccc(O)c(C(Cc2ccccc2)C(=O)O)c1. The number of aliphatic carboxylic acids is 1. The third kappa shape index (κ3) is 3.13.